The summed E-state index contributed by atoms with van der Waals surface area (Å²) in [7, 11) is 0. The van der Waals surface area contributed by atoms with Gasteiger partial charge in [0, 0.05) is 12.6 Å². The van der Waals surface area contributed by atoms with Gasteiger partial charge in [0.05, 0.1) is 0 Å². The molecular formula is C20H23NO4. The number of phenols is 1. The predicted octanol–water partition coefficient (Wildman–Crippen LogP) is 3.29. The molecular weight excluding hydrogens is 318 g/mol. The van der Waals surface area contributed by atoms with Crippen molar-refractivity contribution in [3.8, 4) is 5.75 Å². The molecule has 1 amide bonds. The number of aryl methyl sites for hydroxylation is 1. The summed E-state index contributed by atoms with van der Waals surface area (Å²) in [6.45, 7) is 5.60. The number of aromatic hydroxyl groups is 1. The van der Waals surface area contributed by atoms with Gasteiger partial charge in [-0.1, -0.05) is 42.5 Å². The zero-order valence-electron chi connectivity index (χ0n) is 14.7. The highest BCUT2D eigenvalue weighted by atomic mass is 16.5. The smallest absolute Gasteiger partial charge is 0.342 e. The fraction of sp³-hybridized carbons (Fsp3) is 0.300. The van der Waals surface area contributed by atoms with Gasteiger partial charge in [0.25, 0.3) is 5.91 Å². The molecule has 5 nitrogen and oxygen atoms in total. The van der Waals surface area contributed by atoms with E-state index in [1.54, 1.807) is 24.0 Å². The van der Waals surface area contributed by atoms with Crippen molar-refractivity contribution in [2.75, 3.05) is 6.61 Å². The van der Waals surface area contributed by atoms with Crippen molar-refractivity contribution in [3.05, 3.63) is 65.2 Å². The Labute approximate surface area is 147 Å². The first-order chi connectivity index (χ1) is 11.9. The van der Waals surface area contributed by atoms with Gasteiger partial charge in [-0.25, -0.2) is 4.79 Å². The van der Waals surface area contributed by atoms with Crippen LogP contribution in [0.1, 0.15) is 35.3 Å². The largest absolute Gasteiger partial charge is 0.507 e. The molecule has 0 atom stereocenters. The monoisotopic (exact) mass is 341 g/mol. The molecule has 1 N–H and O–H groups in total. The van der Waals surface area contributed by atoms with Crippen LogP contribution in [0.5, 0.6) is 5.75 Å². The van der Waals surface area contributed by atoms with E-state index in [1.807, 2.05) is 44.2 Å². The van der Waals surface area contributed by atoms with Gasteiger partial charge >= 0.3 is 5.97 Å². The number of hydrogen-bond donors (Lipinski definition) is 1. The molecule has 0 aliphatic heterocycles. The van der Waals surface area contributed by atoms with Gasteiger partial charge in [-0.3, -0.25) is 4.79 Å². The van der Waals surface area contributed by atoms with Crippen LogP contribution in [0, 0.1) is 6.92 Å². The Bertz CT molecular complexity index is 741. The van der Waals surface area contributed by atoms with Gasteiger partial charge < -0.3 is 14.7 Å². The summed E-state index contributed by atoms with van der Waals surface area (Å²) in [4.78, 5) is 26.2. The van der Waals surface area contributed by atoms with E-state index in [0.717, 1.165) is 5.56 Å². The van der Waals surface area contributed by atoms with E-state index in [1.165, 1.54) is 6.07 Å². The summed E-state index contributed by atoms with van der Waals surface area (Å²) in [5.41, 5.74) is 1.65. The van der Waals surface area contributed by atoms with Crippen molar-refractivity contribution in [1.82, 2.24) is 4.90 Å². The number of carbonyl (C=O) groups is 2. The average molecular weight is 341 g/mol. The molecule has 0 heterocycles. The molecule has 0 radical (unpaired) electrons. The summed E-state index contributed by atoms with van der Waals surface area (Å²) in [5, 5.41) is 9.93. The van der Waals surface area contributed by atoms with Gasteiger partial charge in [0.15, 0.2) is 6.61 Å². The fourth-order valence-electron chi connectivity index (χ4n) is 2.45. The number of ether oxygens (including phenoxy) is 1. The Morgan fingerprint density at radius 3 is 2.40 bits per heavy atom. The van der Waals surface area contributed by atoms with Crippen molar-refractivity contribution < 1.29 is 19.4 Å². The number of carbonyl (C=O) groups excluding carboxylic acids is 2. The second kappa shape index (κ2) is 8.33. The van der Waals surface area contributed by atoms with Crippen LogP contribution >= 0.6 is 0 Å². The quantitative estimate of drug-likeness (QED) is 0.819. The van der Waals surface area contributed by atoms with Crippen LogP contribution in [0.3, 0.4) is 0 Å². The first-order valence-corrected chi connectivity index (χ1v) is 8.19. The molecule has 0 unspecified atom stereocenters. The molecule has 5 heteroatoms. The number of hydrogen-bond acceptors (Lipinski definition) is 4. The maximum Gasteiger partial charge on any atom is 0.342 e. The van der Waals surface area contributed by atoms with Crippen molar-refractivity contribution in [2.45, 2.75) is 33.4 Å². The van der Waals surface area contributed by atoms with Crippen LogP contribution in [0.15, 0.2) is 48.5 Å². The summed E-state index contributed by atoms with van der Waals surface area (Å²) in [6.07, 6.45) is 0. The van der Waals surface area contributed by atoms with Gasteiger partial charge in [-0.05, 0) is 38.0 Å². The number of phenolic OH excluding ortho intramolecular Hbond substituents is 1. The van der Waals surface area contributed by atoms with Crippen LogP contribution in [0.25, 0.3) is 0 Å². The minimum Gasteiger partial charge on any atom is -0.507 e. The van der Waals surface area contributed by atoms with Crippen LogP contribution in [0.2, 0.25) is 0 Å². The zero-order valence-corrected chi connectivity index (χ0v) is 14.7. The first kappa shape index (κ1) is 18.5. The second-order valence-corrected chi connectivity index (χ2v) is 6.15. The highest BCUT2D eigenvalue weighted by Gasteiger charge is 2.21. The third-order valence-electron chi connectivity index (χ3n) is 3.92. The topological polar surface area (TPSA) is 66.8 Å². The highest BCUT2D eigenvalue weighted by Crippen LogP contribution is 2.22. The third-order valence-corrected chi connectivity index (χ3v) is 3.92. The number of para-hydroxylation sites is 1. The van der Waals surface area contributed by atoms with E-state index in [4.69, 9.17) is 4.74 Å². The van der Waals surface area contributed by atoms with Gasteiger partial charge in [0.1, 0.15) is 11.3 Å². The van der Waals surface area contributed by atoms with Crippen molar-refractivity contribution in [3.63, 3.8) is 0 Å². The molecule has 0 saturated heterocycles. The maximum absolute atomic E-state index is 12.5. The average Bonchev–Trinajstić information content (AvgIpc) is 2.60. The molecule has 2 rings (SSSR count). The molecule has 2 aromatic carbocycles. The van der Waals surface area contributed by atoms with E-state index >= 15 is 0 Å². The Hall–Kier alpha value is -2.82. The summed E-state index contributed by atoms with van der Waals surface area (Å²) in [5.74, 6) is -1.11. The standard InChI is InChI=1S/C20H23NO4/c1-14(2)21(12-16-9-5-4-6-10-16)18(22)13-25-20(24)17-11-7-8-15(3)19(17)23/h4-11,14,23H,12-13H2,1-3H3. The third kappa shape index (κ3) is 4.83. The van der Waals surface area contributed by atoms with Crippen molar-refractivity contribution in [2.24, 2.45) is 0 Å². The molecule has 0 fully saturated rings. The van der Waals surface area contributed by atoms with Crippen LogP contribution in [0.4, 0.5) is 0 Å². The van der Waals surface area contributed by atoms with E-state index in [-0.39, 0.29) is 29.9 Å². The van der Waals surface area contributed by atoms with Crippen molar-refractivity contribution in [1.29, 1.82) is 0 Å². The van der Waals surface area contributed by atoms with Gasteiger partial charge in [-0.15, -0.1) is 0 Å². The molecule has 25 heavy (non-hydrogen) atoms. The Morgan fingerprint density at radius 2 is 1.76 bits per heavy atom. The van der Waals surface area contributed by atoms with Crippen LogP contribution in [-0.2, 0) is 16.1 Å². The van der Waals surface area contributed by atoms with E-state index < -0.39 is 5.97 Å². The molecule has 0 bridgehead atoms. The molecule has 0 spiro atoms. The lowest BCUT2D eigenvalue weighted by molar-refractivity contribution is -0.136. The zero-order chi connectivity index (χ0) is 18.4. The first-order valence-electron chi connectivity index (χ1n) is 8.19. The number of nitrogens with zero attached hydrogens (tertiary/aromatic N) is 1. The van der Waals surface area contributed by atoms with Gasteiger partial charge in [0.2, 0.25) is 0 Å². The lowest BCUT2D eigenvalue weighted by atomic mass is 10.1. The molecule has 0 aliphatic rings. The lowest BCUT2D eigenvalue weighted by Crippen LogP contribution is -2.39. The normalized spacial score (nSPS) is 10.6. The second-order valence-electron chi connectivity index (χ2n) is 6.15. The lowest BCUT2D eigenvalue weighted by Gasteiger charge is -2.26. The number of esters is 1. The van der Waals surface area contributed by atoms with E-state index in [9.17, 15) is 14.7 Å². The molecule has 2 aromatic rings. The summed E-state index contributed by atoms with van der Waals surface area (Å²) >= 11 is 0. The summed E-state index contributed by atoms with van der Waals surface area (Å²) in [6, 6.07) is 14.4. The van der Waals surface area contributed by atoms with Crippen LogP contribution < -0.4 is 0 Å². The molecule has 0 aromatic heterocycles. The predicted molar refractivity (Wildman–Crippen MR) is 95.3 cm³/mol. The van der Waals surface area contributed by atoms with Gasteiger partial charge in [-0.2, -0.15) is 0 Å². The fourth-order valence-corrected chi connectivity index (χ4v) is 2.45. The summed E-state index contributed by atoms with van der Waals surface area (Å²) < 4.78 is 5.10. The molecule has 132 valence electrons. The van der Waals surface area contributed by atoms with Crippen LogP contribution in [-0.4, -0.2) is 34.5 Å². The number of benzene rings is 2. The number of amides is 1. The minimum atomic E-state index is -0.710. The number of rotatable bonds is 6. The maximum atomic E-state index is 12.5. The SMILES string of the molecule is Cc1cccc(C(=O)OCC(=O)N(Cc2ccccc2)C(C)C)c1O. The molecule has 0 aliphatic carbocycles. The Kier molecular flexibility index (Phi) is 6.17. The Balaban J connectivity index is 2.01. The molecule has 0 saturated carbocycles. The minimum absolute atomic E-state index is 0.0289. The van der Waals surface area contributed by atoms with E-state index in [0.29, 0.717) is 12.1 Å². The van der Waals surface area contributed by atoms with Crippen molar-refractivity contribution >= 4 is 11.9 Å². The van der Waals surface area contributed by atoms with E-state index in [2.05, 4.69) is 0 Å². The Morgan fingerprint density at radius 1 is 1.08 bits per heavy atom. The highest BCUT2D eigenvalue weighted by molar-refractivity contribution is 5.94.